The van der Waals surface area contributed by atoms with Gasteiger partial charge in [0, 0.05) is 13.1 Å². The Kier molecular flexibility index (Phi) is 3.61. The predicted octanol–water partition coefficient (Wildman–Crippen LogP) is 2.29. The van der Waals surface area contributed by atoms with Crippen molar-refractivity contribution in [3.05, 3.63) is 35.4 Å². The molecule has 0 unspecified atom stereocenters. The lowest BCUT2D eigenvalue weighted by Gasteiger charge is -2.14. The first kappa shape index (κ1) is 11.5. The summed E-state index contributed by atoms with van der Waals surface area (Å²) in [7, 11) is 0. The number of carbonyl (C=O) groups excluding carboxylic acids is 1. The zero-order valence-corrected chi connectivity index (χ0v) is 9.56. The highest BCUT2D eigenvalue weighted by Crippen LogP contribution is 2.11. The molecule has 0 radical (unpaired) electrons. The molecule has 1 amide bonds. The standard InChI is InChI=1S/C13H14N2O2/c14-9-11-4-3-5-12(8-11)10-17-13(16)15-6-1-2-7-15/h3-5,8H,1-2,6-7,10H2. The molecule has 0 atom stereocenters. The van der Waals surface area contributed by atoms with Gasteiger partial charge in [-0.05, 0) is 30.5 Å². The highest BCUT2D eigenvalue weighted by Gasteiger charge is 2.18. The van der Waals surface area contributed by atoms with Crippen molar-refractivity contribution in [3.63, 3.8) is 0 Å². The first-order chi connectivity index (χ1) is 8.29. The Morgan fingerprint density at radius 3 is 2.88 bits per heavy atom. The van der Waals surface area contributed by atoms with Crippen LogP contribution >= 0.6 is 0 Å². The maximum Gasteiger partial charge on any atom is 0.410 e. The topological polar surface area (TPSA) is 53.3 Å². The molecule has 1 aliphatic heterocycles. The molecule has 0 bridgehead atoms. The van der Waals surface area contributed by atoms with Gasteiger partial charge >= 0.3 is 6.09 Å². The lowest BCUT2D eigenvalue weighted by molar-refractivity contribution is 0.104. The van der Waals surface area contributed by atoms with Gasteiger partial charge in [0.1, 0.15) is 6.61 Å². The number of nitriles is 1. The highest BCUT2D eigenvalue weighted by molar-refractivity contribution is 5.67. The zero-order valence-electron chi connectivity index (χ0n) is 9.56. The summed E-state index contributed by atoms with van der Waals surface area (Å²) in [6.45, 7) is 1.80. The minimum Gasteiger partial charge on any atom is -0.445 e. The van der Waals surface area contributed by atoms with Gasteiger partial charge in [-0.3, -0.25) is 0 Å². The first-order valence-corrected chi connectivity index (χ1v) is 5.70. The lowest BCUT2D eigenvalue weighted by atomic mass is 10.1. The van der Waals surface area contributed by atoms with Crippen molar-refractivity contribution >= 4 is 6.09 Å². The van der Waals surface area contributed by atoms with Crippen LogP contribution in [0.5, 0.6) is 0 Å². The SMILES string of the molecule is N#Cc1cccc(COC(=O)N2CCCC2)c1. The molecule has 17 heavy (non-hydrogen) atoms. The summed E-state index contributed by atoms with van der Waals surface area (Å²) in [5.41, 5.74) is 1.43. The van der Waals surface area contributed by atoms with E-state index in [1.54, 1.807) is 23.1 Å². The third kappa shape index (κ3) is 2.97. The van der Waals surface area contributed by atoms with Crippen LogP contribution in [0.3, 0.4) is 0 Å². The Morgan fingerprint density at radius 1 is 1.41 bits per heavy atom. The van der Waals surface area contributed by atoms with E-state index in [4.69, 9.17) is 10.00 Å². The molecular weight excluding hydrogens is 216 g/mol. The van der Waals surface area contributed by atoms with Crippen molar-refractivity contribution in [2.45, 2.75) is 19.4 Å². The Bertz CT molecular complexity index is 445. The molecule has 1 aliphatic rings. The van der Waals surface area contributed by atoms with E-state index in [1.165, 1.54) is 0 Å². The van der Waals surface area contributed by atoms with Crippen LogP contribution in [0.4, 0.5) is 4.79 Å². The molecule has 1 fully saturated rings. The van der Waals surface area contributed by atoms with E-state index >= 15 is 0 Å². The number of carbonyl (C=O) groups is 1. The van der Waals surface area contributed by atoms with Crippen molar-refractivity contribution in [2.24, 2.45) is 0 Å². The number of benzene rings is 1. The second-order valence-electron chi connectivity index (χ2n) is 4.06. The number of amides is 1. The highest BCUT2D eigenvalue weighted by atomic mass is 16.6. The molecule has 4 heteroatoms. The van der Waals surface area contributed by atoms with Gasteiger partial charge in [-0.15, -0.1) is 0 Å². The van der Waals surface area contributed by atoms with Crippen LogP contribution in [0.2, 0.25) is 0 Å². The van der Waals surface area contributed by atoms with Gasteiger partial charge in [-0.25, -0.2) is 4.79 Å². The van der Waals surface area contributed by atoms with Crippen molar-refractivity contribution in [1.82, 2.24) is 4.90 Å². The predicted molar refractivity (Wildman–Crippen MR) is 62.1 cm³/mol. The van der Waals surface area contributed by atoms with E-state index in [2.05, 4.69) is 6.07 Å². The third-order valence-corrected chi connectivity index (χ3v) is 2.78. The summed E-state index contributed by atoms with van der Waals surface area (Å²) < 4.78 is 5.19. The average Bonchev–Trinajstić information content (AvgIpc) is 2.90. The molecule has 1 heterocycles. The summed E-state index contributed by atoms with van der Waals surface area (Å²) in [4.78, 5) is 13.3. The Morgan fingerprint density at radius 2 is 2.18 bits per heavy atom. The van der Waals surface area contributed by atoms with Crippen molar-refractivity contribution in [1.29, 1.82) is 5.26 Å². The summed E-state index contributed by atoms with van der Waals surface area (Å²) in [6, 6.07) is 9.16. The van der Waals surface area contributed by atoms with Gasteiger partial charge in [0.2, 0.25) is 0 Å². The molecule has 1 saturated heterocycles. The molecule has 1 aromatic carbocycles. The molecule has 0 aliphatic carbocycles. The van der Waals surface area contributed by atoms with Crippen LogP contribution in [0.15, 0.2) is 24.3 Å². The lowest BCUT2D eigenvalue weighted by Crippen LogP contribution is -2.28. The van der Waals surface area contributed by atoms with Crippen LogP contribution in [0.25, 0.3) is 0 Å². The van der Waals surface area contributed by atoms with Gasteiger partial charge in [0.25, 0.3) is 0 Å². The number of hydrogen-bond donors (Lipinski definition) is 0. The van der Waals surface area contributed by atoms with E-state index in [9.17, 15) is 4.79 Å². The number of likely N-dealkylation sites (tertiary alicyclic amines) is 1. The fraction of sp³-hybridized carbons (Fsp3) is 0.385. The Hall–Kier alpha value is -2.02. The van der Waals surface area contributed by atoms with Crippen LogP contribution in [0, 0.1) is 11.3 Å². The van der Waals surface area contributed by atoms with Crippen LogP contribution in [-0.2, 0) is 11.3 Å². The molecule has 4 nitrogen and oxygen atoms in total. The smallest absolute Gasteiger partial charge is 0.410 e. The number of rotatable bonds is 2. The third-order valence-electron chi connectivity index (χ3n) is 2.78. The van der Waals surface area contributed by atoms with E-state index in [0.717, 1.165) is 31.5 Å². The maximum atomic E-state index is 11.6. The molecule has 88 valence electrons. The largest absolute Gasteiger partial charge is 0.445 e. The van der Waals surface area contributed by atoms with E-state index in [1.807, 2.05) is 6.07 Å². The Balaban J connectivity index is 1.88. The van der Waals surface area contributed by atoms with Gasteiger partial charge in [0.05, 0.1) is 11.6 Å². The summed E-state index contributed by atoms with van der Waals surface area (Å²) in [5, 5.41) is 8.75. The van der Waals surface area contributed by atoms with Crippen molar-refractivity contribution < 1.29 is 9.53 Å². The molecule has 2 rings (SSSR count). The van der Waals surface area contributed by atoms with E-state index in [-0.39, 0.29) is 12.7 Å². The molecule has 0 N–H and O–H groups in total. The minimum atomic E-state index is -0.259. The average molecular weight is 230 g/mol. The van der Waals surface area contributed by atoms with Crippen LogP contribution < -0.4 is 0 Å². The maximum absolute atomic E-state index is 11.6. The van der Waals surface area contributed by atoms with E-state index in [0.29, 0.717) is 5.56 Å². The van der Waals surface area contributed by atoms with Crippen molar-refractivity contribution in [3.8, 4) is 6.07 Å². The monoisotopic (exact) mass is 230 g/mol. The zero-order chi connectivity index (χ0) is 12.1. The van der Waals surface area contributed by atoms with Gasteiger partial charge in [0.15, 0.2) is 0 Å². The summed E-state index contributed by atoms with van der Waals surface area (Å²) in [6.07, 6.45) is 1.85. The second-order valence-corrected chi connectivity index (χ2v) is 4.06. The summed E-state index contributed by atoms with van der Waals surface area (Å²) in [5.74, 6) is 0. The van der Waals surface area contributed by atoms with E-state index < -0.39 is 0 Å². The first-order valence-electron chi connectivity index (χ1n) is 5.70. The Labute approximate surface area is 100 Å². The molecule has 0 aromatic heterocycles. The fourth-order valence-electron chi connectivity index (χ4n) is 1.87. The fourth-order valence-corrected chi connectivity index (χ4v) is 1.87. The van der Waals surface area contributed by atoms with Crippen LogP contribution in [-0.4, -0.2) is 24.1 Å². The van der Waals surface area contributed by atoms with Crippen molar-refractivity contribution in [2.75, 3.05) is 13.1 Å². The normalized spacial score (nSPS) is 14.4. The molecule has 0 saturated carbocycles. The van der Waals surface area contributed by atoms with Crippen LogP contribution in [0.1, 0.15) is 24.0 Å². The minimum absolute atomic E-state index is 0.227. The van der Waals surface area contributed by atoms with Gasteiger partial charge in [-0.2, -0.15) is 5.26 Å². The van der Waals surface area contributed by atoms with Gasteiger partial charge < -0.3 is 9.64 Å². The number of hydrogen-bond acceptors (Lipinski definition) is 3. The molecule has 0 spiro atoms. The summed E-state index contributed by atoms with van der Waals surface area (Å²) >= 11 is 0. The number of ether oxygens (including phenoxy) is 1. The molecular formula is C13H14N2O2. The quantitative estimate of drug-likeness (QED) is 0.783. The van der Waals surface area contributed by atoms with Gasteiger partial charge in [-0.1, -0.05) is 12.1 Å². The number of nitrogens with zero attached hydrogens (tertiary/aromatic N) is 2. The second kappa shape index (κ2) is 5.35. The molecule has 1 aromatic rings.